The fraction of sp³-hybridized carbons (Fsp3) is 0. The zero-order chi connectivity index (χ0) is 29.0. The third kappa shape index (κ3) is 4.19. The Balaban J connectivity index is 1.50. The molecule has 7 rings (SSSR count). The van der Waals surface area contributed by atoms with E-state index in [0.717, 1.165) is 21.9 Å². The minimum Gasteiger partial charge on any atom is -0.455 e. The number of hydrogen-bond donors (Lipinski definition) is 0. The standard InChI is InChI=1S/C33H16B5N3O/c34-24-23(25(35)27(37)28(38)26(24)36)21-15-7-13-19-20-14-8-16-22(30(20)42-29(19)21)33-40-31(17-9-3-1-4-10-17)39-32(41-33)18-11-5-2-6-12-18/h1-16H. The fourth-order valence-electron chi connectivity index (χ4n) is 5.26. The Hall–Kier alpha value is -4.77. The van der Waals surface area contributed by atoms with Gasteiger partial charge in [-0.05, 0) is 11.6 Å². The summed E-state index contributed by atoms with van der Waals surface area (Å²) in [6, 6.07) is 31.3. The molecule has 0 aliphatic rings. The van der Waals surface area contributed by atoms with Gasteiger partial charge in [-0.25, -0.2) is 15.0 Å². The van der Waals surface area contributed by atoms with E-state index >= 15 is 0 Å². The highest BCUT2D eigenvalue weighted by Crippen LogP contribution is 2.39. The molecule has 0 amide bonds. The van der Waals surface area contributed by atoms with Gasteiger partial charge in [0.1, 0.15) is 50.4 Å². The number of para-hydroxylation sites is 2. The number of nitrogens with zero attached hydrogens (tertiary/aromatic N) is 3. The van der Waals surface area contributed by atoms with E-state index < -0.39 is 0 Å². The second-order valence-electron chi connectivity index (χ2n) is 9.95. The first-order chi connectivity index (χ1) is 20.4. The Morgan fingerprint density at radius 3 is 1.36 bits per heavy atom. The molecule has 0 unspecified atom stereocenters. The zero-order valence-corrected chi connectivity index (χ0v) is 22.4. The maximum absolute atomic E-state index is 6.61. The largest absolute Gasteiger partial charge is 0.455 e. The highest BCUT2D eigenvalue weighted by molar-refractivity contribution is 6.68. The van der Waals surface area contributed by atoms with Gasteiger partial charge in [-0.15, -0.1) is 16.4 Å². The quantitative estimate of drug-likeness (QED) is 0.332. The van der Waals surface area contributed by atoms with E-state index in [1.54, 1.807) is 0 Å². The van der Waals surface area contributed by atoms with Crippen LogP contribution in [0.1, 0.15) is 0 Å². The van der Waals surface area contributed by atoms with Crippen LogP contribution in [0.25, 0.3) is 67.2 Å². The average molecular weight is 525 g/mol. The third-order valence-corrected chi connectivity index (χ3v) is 7.43. The maximum atomic E-state index is 6.61. The van der Waals surface area contributed by atoms with Gasteiger partial charge in [0.2, 0.25) is 0 Å². The summed E-state index contributed by atoms with van der Waals surface area (Å²) in [6.45, 7) is 0. The smallest absolute Gasteiger partial charge is 0.167 e. The Morgan fingerprint density at radius 2 is 0.833 bits per heavy atom. The van der Waals surface area contributed by atoms with Gasteiger partial charge in [-0.1, -0.05) is 102 Å². The normalized spacial score (nSPS) is 11.3. The molecule has 0 atom stereocenters. The van der Waals surface area contributed by atoms with E-state index in [-0.39, 0.29) is 27.3 Å². The van der Waals surface area contributed by atoms with Crippen molar-refractivity contribution in [2.45, 2.75) is 0 Å². The van der Waals surface area contributed by atoms with Gasteiger partial charge >= 0.3 is 0 Å². The number of hydrogen-bond acceptors (Lipinski definition) is 4. The van der Waals surface area contributed by atoms with Crippen LogP contribution in [0.15, 0.2) is 101 Å². The van der Waals surface area contributed by atoms with Crippen molar-refractivity contribution in [2.75, 3.05) is 0 Å². The summed E-state index contributed by atoms with van der Waals surface area (Å²) in [4.78, 5) is 14.6. The van der Waals surface area contributed by atoms with E-state index in [4.69, 9.17) is 58.6 Å². The Kier molecular flexibility index (Phi) is 6.39. The van der Waals surface area contributed by atoms with Gasteiger partial charge in [0.25, 0.3) is 0 Å². The van der Waals surface area contributed by atoms with Crippen LogP contribution >= 0.6 is 0 Å². The highest BCUT2D eigenvalue weighted by atomic mass is 16.3. The maximum Gasteiger partial charge on any atom is 0.167 e. The summed E-state index contributed by atoms with van der Waals surface area (Å²) >= 11 is 0. The number of benzene rings is 5. The Morgan fingerprint density at radius 1 is 0.405 bits per heavy atom. The molecular formula is C33H16B5N3O. The molecule has 7 aromatic rings. The molecule has 42 heavy (non-hydrogen) atoms. The van der Waals surface area contributed by atoms with E-state index in [2.05, 4.69) is 0 Å². The van der Waals surface area contributed by atoms with Gasteiger partial charge in [0.05, 0.1) is 5.56 Å². The third-order valence-electron chi connectivity index (χ3n) is 7.43. The second-order valence-corrected chi connectivity index (χ2v) is 9.95. The molecule has 0 fully saturated rings. The second kappa shape index (κ2) is 10.3. The molecule has 0 spiro atoms. The van der Waals surface area contributed by atoms with E-state index in [0.29, 0.717) is 45.3 Å². The van der Waals surface area contributed by atoms with Gasteiger partial charge in [-0.3, -0.25) is 0 Å². The Bertz CT molecular complexity index is 2060. The van der Waals surface area contributed by atoms with Crippen molar-refractivity contribution in [1.82, 2.24) is 15.0 Å². The SMILES string of the molecule is [B]c1c([B])c([B])c(-c2cccc3c2oc2c(-c4nc(-c5ccccc5)nc(-c5ccccc5)n4)cccc23)c([B])c1[B]. The van der Waals surface area contributed by atoms with Crippen LogP contribution in [-0.2, 0) is 0 Å². The van der Waals surface area contributed by atoms with E-state index in [1.807, 2.05) is 97.1 Å². The summed E-state index contributed by atoms with van der Waals surface area (Å²) in [5.41, 5.74) is 5.76. The van der Waals surface area contributed by atoms with E-state index in [1.165, 1.54) is 0 Å². The molecule has 0 N–H and O–H groups in total. The summed E-state index contributed by atoms with van der Waals surface area (Å²) in [7, 11) is 31.3. The Labute approximate surface area is 249 Å². The lowest BCUT2D eigenvalue weighted by Gasteiger charge is -2.21. The van der Waals surface area contributed by atoms with Gasteiger partial charge in [0, 0.05) is 27.5 Å². The summed E-state index contributed by atoms with van der Waals surface area (Å²) in [5, 5.41) is 1.73. The topological polar surface area (TPSA) is 51.8 Å². The molecular weight excluding hydrogens is 508 g/mol. The average Bonchev–Trinajstić information content (AvgIpc) is 3.43. The van der Waals surface area contributed by atoms with Crippen molar-refractivity contribution < 1.29 is 4.42 Å². The predicted octanol–water partition coefficient (Wildman–Crippen LogP) is 2.41. The molecule has 4 nitrogen and oxygen atoms in total. The summed E-state index contributed by atoms with van der Waals surface area (Å²) in [5.74, 6) is 1.59. The number of rotatable bonds is 4. The lowest BCUT2D eigenvalue weighted by Crippen LogP contribution is -2.55. The van der Waals surface area contributed by atoms with Gasteiger partial charge in [0.15, 0.2) is 17.5 Å². The fourth-order valence-corrected chi connectivity index (χ4v) is 5.26. The van der Waals surface area contributed by atoms with E-state index in [9.17, 15) is 0 Å². The molecule has 9 heteroatoms. The molecule has 184 valence electrons. The van der Waals surface area contributed by atoms with Crippen molar-refractivity contribution in [3.05, 3.63) is 97.1 Å². The van der Waals surface area contributed by atoms with Crippen molar-refractivity contribution >= 4 is 88.5 Å². The molecule has 0 saturated heterocycles. The molecule has 0 saturated carbocycles. The van der Waals surface area contributed by atoms with Crippen molar-refractivity contribution in [2.24, 2.45) is 0 Å². The zero-order valence-electron chi connectivity index (χ0n) is 22.4. The van der Waals surface area contributed by atoms with Crippen LogP contribution in [0.3, 0.4) is 0 Å². The van der Waals surface area contributed by atoms with Crippen LogP contribution in [-0.4, -0.2) is 54.2 Å². The first-order valence-electron chi connectivity index (χ1n) is 13.3. The molecule has 2 heterocycles. The molecule has 10 radical (unpaired) electrons. The van der Waals surface area contributed by atoms with Crippen molar-refractivity contribution in [3.63, 3.8) is 0 Å². The van der Waals surface area contributed by atoms with Crippen molar-refractivity contribution in [3.8, 4) is 45.3 Å². The minimum absolute atomic E-state index is 0.158. The van der Waals surface area contributed by atoms with Crippen LogP contribution in [0.2, 0.25) is 0 Å². The van der Waals surface area contributed by atoms with Crippen LogP contribution < -0.4 is 27.3 Å². The molecule has 0 aliphatic heterocycles. The number of aromatic nitrogens is 3. The van der Waals surface area contributed by atoms with Gasteiger partial charge < -0.3 is 4.42 Å². The monoisotopic (exact) mass is 525 g/mol. The first-order valence-corrected chi connectivity index (χ1v) is 13.3. The molecule has 5 aromatic carbocycles. The molecule has 2 aromatic heterocycles. The molecule has 0 bridgehead atoms. The van der Waals surface area contributed by atoms with Crippen LogP contribution in [0, 0.1) is 0 Å². The van der Waals surface area contributed by atoms with Crippen LogP contribution in [0.5, 0.6) is 0 Å². The minimum atomic E-state index is 0.158. The number of fused-ring (bicyclic) bond motifs is 3. The first kappa shape index (κ1) is 26.2. The highest BCUT2D eigenvalue weighted by Gasteiger charge is 2.21. The predicted molar refractivity (Wildman–Crippen MR) is 176 cm³/mol. The molecule has 0 aliphatic carbocycles. The summed E-state index contributed by atoms with van der Waals surface area (Å²) < 4.78 is 6.61. The van der Waals surface area contributed by atoms with Crippen LogP contribution in [0.4, 0.5) is 0 Å². The van der Waals surface area contributed by atoms with Crippen molar-refractivity contribution in [1.29, 1.82) is 0 Å². The van der Waals surface area contributed by atoms with Gasteiger partial charge in [-0.2, -0.15) is 0 Å². The number of furan rings is 1. The lowest BCUT2D eigenvalue weighted by atomic mass is 9.59. The lowest BCUT2D eigenvalue weighted by molar-refractivity contribution is 0.670. The summed E-state index contributed by atoms with van der Waals surface area (Å²) in [6.07, 6.45) is 0.